The Morgan fingerprint density at radius 2 is 2.00 bits per heavy atom. The fraction of sp³-hybridized carbons (Fsp3) is 0.714. The highest BCUT2D eigenvalue weighted by Crippen LogP contribution is 2.32. The second-order valence-corrected chi connectivity index (χ2v) is 5.42. The summed E-state index contributed by atoms with van der Waals surface area (Å²) in [6, 6.07) is 1.96. The second kappa shape index (κ2) is 6.95. The lowest BCUT2D eigenvalue weighted by molar-refractivity contribution is 0.382. The molecule has 17 heavy (non-hydrogen) atoms. The van der Waals surface area contributed by atoms with E-state index in [2.05, 4.69) is 31.0 Å². The van der Waals surface area contributed by atoms with Crippen LogP contribution in [0.1, 0.15) is 65.0 Å². The van der Waals surface area contributed by atoms with Crippen molar-refractivity contribution in [3.63, 3.8) is 0 Å². The number of nitrogens with zero attached hydrogens (tertiary/aromatic N) is 2. The van der Waals surface area contributed by atoms with Crippen molar-refractivity contribution in [1.29, 1.82) is 0 Å². The van der Waals surface area contributed by atoms with Crippen LogP contribution in [0.2, 0.25) is 5.02 Å². The van der Waals surface area contributed by atoms with E-state index >= 15 is 0 Å². The number of unbranched alkanes of at least 4 members (excludes halogenated alkanes) is 3. The van der Waals surface area contributed by atoms with Gasteiger partial charge in [-0.3, -0.25) is 0 Å². The molecule has 96 valence electrons. The van der Waals surface area contributed by atoms with Gasteiger partial charge in [0.25, 0.3) is 0 Å². The molecule has 0 fully saturated rings. The molecule has 1 atom stereocenters. The maximum absolute atomic E-state index is 5.99. The summed E-state index contributed by atoms with van der Waals surface area (Å²) in [4.78, 5) is 0. The largest absolute Gasteiger partial charge is 0.157 e. The van der Waals surface area contributed by atoms with Gasteiger partial charge in [0.15, 0.2) is 0 Å². The van der Waals surface area contributed by atoms with Gasteiger partial charge < -0.3 is 0 Å². The summed E-state index contributed by atoms with van der Waals surface area (Å²) >= 11 is 5.99. The monoisotopic (exact) mass is 254 g/mol. The van der Waals surface area contributed by atoms with Crippen molar-refractivity contribution in [1.82, 2.24) is 10.2 Å². The third-order valence-corrected chi connectivity index (χ3v) is 3.81. The molecule has 3 heteroatoms. The Hall–Kier alpha value is -0.630. The summed E-state index contributed by atoms with van der Waals surface area (Å²) in [6.45, 7) is 6.71. The van der Waals surface area contributed by atoms with Crippen LogP contribution >= 0.6 is 11.6 Å². The van der Waals surface area contributed by atoms with E-state index in [9.17, 15) is 0 Å². The Morgan fingerprint density at radius 1 is 1.24 bits per heavy atom. The number of aromatic nitrogens is 2. The molecule has 1 heterocycles. The van der Waals surface area contributed by atoms with E-state index in [0.29, 0.717) is 5.02 Å². The highest BCUT2D eigenvalue weighted by Gasteiger charge is 2.26. The van der Waals surface area contributed by atoms with Crippen LogP contribution in [0.5, 0.6) is 0 Å². The van der Waals surface area contributed by atoms with Gasteiger partial charge in [0.1, 0.15) is 0 Å². The van der Waals surface area contributed by atoms with Crippen LogP contribution < -0.4 is 0 Å². The van der Waals surface area contributed by atoms with E-state index in [-0.39, 0.29) is 5.41 Å². The zero-order valence-corrected chi connectivity index (χ0v) is 11.9. The molecule has 0 aliphatic rings. The molecule has 0 bridgehead atoms. The lowest BCUT2D eigenvalue weighted by atomic mass is 9.79. The molecular weight excluding hydrogens is 232 g/mol. The third-order valence-electron chi connectivity index (χ3n) is 3.60. The normalized spacial score (nSPS) is 14.6. The standard InChI is InChI=1S/C14H23ClN2/c1-4-6-7-8-9-14(3,5-2)13-10-12(15)11-16-17-13/h10-11H,4-9H2,1-3H3. The number of hydrogen-bond acceptors (Lipinski definition) is 2. The predicted octanol–water partition coefficient (Wildman–Crippen LogP) is 4.77. The first kappa shape index (κ1) is 14.4. The topological polar surface area (TPSA) is 25.8 Å². The first-order valence-corrected chi connectivity index (χ1v) is 6.99. The first-order valence-electron chi connectivity index (χ1n) is 6.61. The molecule has 1 rings (SSSR count). The van der Waals surface area contributed by atoms with E-state index in [1.54, 1.807) is 6.20 Å². The zero-order chi connectivity index (χ0) is 12.7. The lowest BCUT2D eigenvalue weighted by Gasteiger charge is -2.27. The lowest BCUT2D eigenvalue weighted by Crippen LogP contribution is -2.22. The first-order chi connectivity index (χ1) is 8.12. The van der Waals surface area contributed by atoms with Crippen molar-refractivity contribution in [2.45, 2.75) is 64.7 Å². The number of halogens is 1. The van der Waals surface area contributed by atoms with Gasteiger partial charge in [0.05, 0.1) is 16.9 Å². The molecule has 1 aromatic rings. The Balaban J connectivity index is 2.67. The van der Waals surface area contributed by atoms with Gasteiger partial charge in [-0.25, -0.2) is 0 Å². The quantitative estimate of drug-likeness (QED) is 0.655. The molecule has 0 saturated carbocycles. The molecule has 1 unspecified atom stereocenters. The maximum atomic E-state index is 5.99. The van der Waals surface area contributed by atoms with Crippen LogP contribution in [-0.4, -0.2) is 10.2 Å². The van der Waals surface area contributed by atoms with Gasteiger partial charge in [-0.15, -0.1) is 0 Å². The van der Waals surface area contributed by atoms with Gasteiger partial charge in [-0.2, -0.15) is 10.2 Å². The molecule has 0 spiro atoms. The molecule has 2 nitrogen and oxygen atoms in total. The van der Waals surface area contributed by atoms with Crippen molar-refractivity contribution < 1.29 is 0 Å². The molecule has 1 aromatic heterocycles. The number of hydrogen-bond donors (Lipinski definition) is 0. The van der Waals surface area contributed by atoms with E-state index in [4.69, 9.17) is 11.6 Å². The summed E-state index contributed by atoms with van der Waals surface area (Å²) in [5.74, 6) is 0. The van der Waals surface area contributed by atoms with Gasteiger partial charge in [-0.05, 0) is 18.9 Å². The molecule has 0 aromatic carbocycles. The average molecular weight is 255 g/mol. The summed E-state index contributed by atoms with van der Waals surface area (Å²) < 4.78 is 0. The van der Waals surface area contributed by atoms with Crippen LogP contribution in [0.3, 0.4) is 0 Å². The molecule has 0 amide bonds. The van der Waals surface area contributed by atoms with E-state index < -0.39 is 0 Å². The van der Waals surface area contributed by atoms with Crippen LogP contribution in [0.25, 0.3) is 0 Å². The summed E-state index contributed by atoms with van der Waals surface area (Å²) in [7, 11) is 0. The highest BCUT2D eigenvalue weighted by molar-refractivity contribution is 6.30. The van der Waals surface area contributed by atoms with Crippen molar-refractivity contribution in [2.24, 2.45) is 0 Å². The van der Waals surface area contributed by atoms with E-state index in [1.165, 1.54) is 32.1 Å². The SMILES string of the molecule is CCCCCCC(C)(CC)c1cc(Cl)cnn1. The van der Waals surface area contributed by atoms with E-state index in [1.807, 2.05) is 6.07 Å². The van der Waals surface area contributed by atoms with Crippen LogP contribution in [0.4, 0.5) is 0 Å². The second-order valence-electron chi connectivity index (χ2n) is 4.98. The Bertz CT molecular complexity index is 341. The minimum Gasteiger partial charge on any atom is -0.157 e. The molecule has 0 N–H and O–H groups in total. The Labute approximate surface area is 110 Å². The number of rotatable bonds is 7. The third kappa shape index (κ3) is 4.27. The van der Waals surface area contributed by atoms with Gasteiger partial charge >= 0.3 is 0 Å². The van der Waals surface area contributed by atoms with Crippen LogP contribution in [-0.2, 0) is 5.41 Å². The summed E-state index contributed by atoms with van der Waals surface area (Å²) in [5, 5.41) is 8.89. The fourth-order valence-electron chi connectivity index (χ4n) is 2.07. The molecule has 0 saturated heterocycles. The van der Waals surface area contributed by atoms with Gasteiger partial charge in [0, 0.05) is 5.41 Å². The average Bonchev–Trinajstić information content (AvgIpc) is 2.34. The van der Waals surface area contributed by atoms with Crippen molar-refractivity contribution in [3.05, 3.63) is 23.0 Å². The van der Waals surface area contributed by atoms with E-state index in [0.717, 1.165) is 12.1 Å². The van der Waals surface area contributed by atoms with Crippen LogP contribution in [0, 0.1) is 0 Å². The smallest absolute Gasteiger partial charge is 0.0704 e. The van der Waals surface area contributed by atoms with Crippen LogP contribution in [0.15, 0.2) is 12.3 Å². The predicted molar refractivity (Wildman–Crippen MR) is 73.4 cm³/mol. The Morgan fingerprint density at radius 3 is 2.59 bits per heavy atom. The summed E-state index contributed by atoms with van der Waals surface area (Å²) in [6.07, 6.45) is 9.00. The maximum Gasteiger partial charge on any atom is 0.0704 e. The van der Waals surface area contributed by atoms with Crippen molar-refractivity contribution >= 4 is 11.6 Å². The van der Waals surface area contributed by atoms with Crippen molar-refractivity contribution in [2.75, 3.05) is 0 Å². The molecule has 0 aliphatic carbocycles. The summed E-state index contributed by atoms with van der Waals surface area (Å²) in [5.41, 5.74) is 1.15. The molecule has 0 aliphatic heterocycles. The van der Waals surface area contributed by atoms with Crippen molar-refractivity contribution in [3.8, 4) is 0 Å². The highest BCUT2D eigenvalue weighted by atomic mass is 35.5. The zero-order valence-electron chi connectivity index (χ0n) is 11.2. The minimum absolute atomic E-state index is 0.117. The Kier molecular flexibility index (Phi) is 5.90. The van der Waals surface area contributed by atoms with Gasteiger partial charge in [0.2, 0.25) is 0 Å². The molecular formula is C14H23ClN2. The molecule has 0 radical (unpaired) electrons. The fourth-order valence-corrected chi connectivity index (χ4v) is 2.21. The van der Waals surface area contributed by atoms with Gasteiger partial charge in [-0.1, -0.05) is 58.1 Å². The minimum atomic E-state index is 0.117.